The molecule has 5 heteroatoms. The number of benzene rings is 1. The van der Waals surface area contributed by atoms with Crippen molar-refractivity contribution in [3.63, 3.8) is 0 Å². The van der Waals surface area contributed by atoms with Crippen LogP contribution in [0.1, 0.15) is 30.9 Å². The van der Waals surface area contributed by atoms with Crippen molar-refractivity contribution in [1.29, 1.82) is 0 Å². The quantitative estimate of drug-likeness (QED) is 0.904. The van der Waals surface area contributed by atoms with E-state index in [-0.39, 0.29) is 0 Å². The summed E-state index contributed by atoms with van der Waals surface area (Å²) >= 11 is 1.47. The maximum absolute atomic E-state index is 10.4. The Morgan fingerprint density at radius 1 is 1.32 bits per heavy atom. The highest BCUT2D eigenvalue weighted by Crippen LogP contribution is 2.27. The molecule has 3 rings (SSSR count). The fourth-order valence-electron chi connectivity index (χ4n) is 2.66. The van der Waals surface area contributed by atoms with E-state index < -0.39 is 6.10 Å². The van der Waals surface area contributed by atoms with Crippen molar-refractivity contribution in [2.24, 2.45) is 0 Å². The Kier molecular flexibility index (Phi) is 3.68. The molecule has 1 aliphatic rings. The maximum Gasteiger partial charge on any atom is 0.181 e. The maximum atomic E-state index is 10.4. The number of rotatable bonds is 3. The van der Waals surface area contributed by atoms with Gasteiger partial charge in [0.1, 0.15) is 0 Å². The zero-order valence-electron chi connectivity index (χ0n) is 10.9. The molecule has 1 unspecified atom stereocenters. The first-order chi connectivity index (χ1) is 9.22. The Morgan fingerprint density at radius 3 is 2.89 bits per heavy atom. The standard InChI is InChI=1S/C14H19N3OS/c15-14-16-11-5-4-10(8-13(11)19-14)12(18)9-17-6-2-1-3-7-17/h4-5,8,12,18H,1-3,6-7,9H2,(H2,15,16). The molecule has 19 heavy (non-hydrogen) atoms. The largest absolute Gasteiger partial charge is 0.387 e. The summed E-state index contributed by atoms with van der Waals surface area (Å²) in [6.45, 7) is 2.93. The van der Waals surface area contributed by atoms with E-state index >= 15 is 0 Å². The van der Waals surface area contributed by atoms with Gasteiger partial charge in [-0.1, -0.05) is 23.8 Å². The minimum absolute atomic E-state index is 0.425. The first kappa shape index (κ1) is 12.8. The molecule has 0 amide bonds. The van der Waals surface area contributed by atoms with Crippen molar-refractivity contribution in [2.75, 3.05) is 25.4 Å². The molecule has 3 N–H and O–H groups in total. The Labute approximate surface area is 116 Å². The third-order valence-electron chi connectivity index (χ3n) is 3.69. The molecule has 1 aromatic heterocycles. The fraction of sp³-hybridized carbons (Fsp3) is 0.500. The van der Waals surface area contributed by atoms with Gasteiger partial charge < -0.3 is 15.7 Å². The number of β-amino-alcohol motifs (C(OH)–C–C–N with tert-alkyl or cyclic N) is 1. The number of likely N-dealkylation sites (tertiary alicyclic amines) is 1. The highest BCUT2D eigenvalue weighted by atomic mass is 32.1. The summed E-state index contributed by atoms with van der Waals surface area (Å²) in [5, 5.41) is 10.9. The van der Waals surface area contributed by atoms with Gasteiger partial charge in [0.2, 0.25) is 0 Å². The van der Waals surface area contributed by atoms with Crippen LogP contribution in [0.5, 0.6) is 0 Å². The van der Waals surface area contributed by atoms with Crippen molar-refractivity contribution in [2.45, 2.75) is 25.4 Å². The molecule has 0 saturated carbocycles. The molecule has 2 heterocycles. The van der Waals surface area contributed by atoms with Gasteiger partial charge in [0.15, 0.2) is 5.13 Å². The molecule has 1 atom stereocenters. The Balaban J connectivity index is 1.74. The zero-order chi connectivity index (χ0) is 13.2. The number of nitrogen functional groups attached to an aromatic ring is 1. The molecule has 1 aliphatic heterocycles. The van der Waals surface area contributed by atoms with Crippen LogP contribution in [0.25, 0.3) is 10.2 Å². The SMILES string of the molecule is Nc1nc2ccc(C(O)CN3CCCCC3)cc2s1. The van der Waals surface area contributed by atoms with Crippen molar-refractivity contribution in [1.82, 2.24) is 9.88 Å². The van der Waals surface area contributed by atoms with Gasteiger partial charge >= 0.3 is 0 Å². The number of hydrogen-bond acceptors (Lipinski definition) is 5. The van der Waals surface area contributed by atoms with Crippen LogP contribution < -0.4 is 5.73 Å². The summed E-state index contributed by atoms with van der Waals surface area (Å²) in [5.74, 6) is 0. The summed E-state index contributed by atoms with van der Waals surface area (Å²) in [4.78, 5) is 6.58. The predicted molar refractivity (Wildman–Crippen MR) is 79.3 cm³/mol. The van der Waals surface area contributed by atoms with Crippen molar-refractivity contribution < 1.29 is 5.11 Å². The number of anilines is 1. The van der Waals surface area contributed by atoms with Gasteiger partial charge in [-0.15, -0.1) is 0 Å². The second-order valence-electron chi connectivity index (χ2n) is 5.16. The van der Waals surface area contributed by atoms with Gasteiger partial charge in [-0.3, -0.25) is 0 Å². The van der Waals surface area contributed by atoms with Crippen LogP contribution in [-0.2, 0) is 0 Å². The summed E-state index contributed by atoms with van der Waals surface area (Å²) in [6.07, 6.45) is 3.39. The van der Waals surface area contributed by atoms with Gasteiger partial charge in [0, 0.05) is 6.54 Å². The van der Waals surface area contributed by atoms with E-state index in [1.54, 1.807) is 0 Å². The van der Waals surface area contributed by atoms with Gasteiger partial charge in [-0.2, -0.15) is 0 Å². The Bertz CT molecular complexity index is 563. The highest BCUT2D eigenvalue weighted by molar-refractivity contribution is 7.22. The minimum Gasteiger partial charge on any atom is -0.387 e. The number of aromatic nitrogens is 1. The van der Waals surface area contributed by atoms with Gasteiger partial charge in [0.25, 0.3) is 0 Å². The zero-order valence-corrected chi connectivity index (χ0v) is 11.7. The molecule has 1 aromatic carbocycles. The number of thiazole rings is 1. The Morgan fingerprint density at radius 2 is 2.11 bits per heavy atom. The predicted octanol–water partition coefficient (Wildman–Crippen LogP) is 2.40. The number of piperidine rings is 1. The summed E-state index contributed by atoms with van der Waals surface area (Å²) in [5.41, 5.74) is 7.58. The average Bonchev–Trinajstić information content (AvgIpc) is 2.78. The third kappa shape index (κ3) is 2.88. The third-order valence-corrected chi connectivity index (χ3v) is 4.54. The van der Waals surface area contributed by atoms with E-state index in [0.29, 0.717) is 5.13 Å². The van der Waals surface area contributed by atoms with E-state index in [9.17, 15) is 5.11 Å². The topological polar surface area (TPSA) is 62.4 Å². The molecular formula is C14H19N3OS. The van der Waals surface area contributed by atoms with Crippen LogP contribution in [0.3, 0.4) is 0 Å². The first-order valence-electron chi connectivity index (χ1n) is 6.79. The second kappa shape index (κ2) is 5.45. The first-order valence-corrected chi connectivity index (χ1v) is 7.60. The monoisotopic (exact) mass is 277 g/mol. The number of nitrogens with zero attached hydrogens (tertiary/aromatic N) is 2. The molecule has 1 saturated heterocycles. The molecule has 4 nitrogen and oxygen atoms in total. The molecule has 0 spiro atoms. The molecule has 102 valence electrons. The lowest BCUT2D eigenvalue weighted by molar-refractivity contribution is 0.102. The smallest absolute Gasteiger partial charge is 0.181 e. The summed E-state index contributed by atoms with van der Waals surface area (Å²) in [7, 11) is 0. The van der Waals surface area contributed by atoms with Crippen LogP contribution in [-0.4, -0.2) is 34.6 Å². The van der Waals surface area contributed by atoms with E-state index in [1.165, 1.54) is 30.6 Å². The molecular weight excluding hydrogens is 258 g/mol. The van der Waals surface area contributed by atoms with Crippen molar-refractivity contribution >= 4 is 26.7 Å². The van der Waals surface area contributed by atoms with Crippen LogP contribution in [0.4, 0.5) is 5.13 Å². The Hall–Kier alpha value is -1.17. The number of aliphatic hydroxyl groups is 1. The molecule has 2 aromatic rings. The summed E-state index contributed by atoms with van der Waals surface area (Å²) < 4.78 is 1.05. The van der Waals surface area contributed by atoms with E-state index in [0.717, 1.165) is 35.4 Å². The number of aliphatic hydroxyl groups excluding tert-OH is 1. The van der Waals surface area contributed by atoms with Crippen LogP contribution >= 0.6 is 11.3 Å². The van der Waals surface area contributed by atoms with Crippen molar-refractivity contribution in [3.05, 3.63) is 23.8 Å². The molecule has 1 fully saturated rings. The lowest BCUT2D eigenvalue weighted by atomic mass is 10.1. The number of nitrogens with two attached hydrogens (primary N) is 1. The molecule has 0 aliphatic carbocycles. The normalized spacial score (nSPS) is 18.8. The number of fused-ring (bicyclic) bond motifs is 1. The lowest BCUT2D eigenvalue weighted by Gasteiger charge is -2.28. The van der Waals surface area contributed by atoms with Gasteiger partial charge in [-0.25, -0.2) is 4.98 Å². The molecule has 0 bridgehead atoms. The van der Waals surface area contributed by atoms with E-state index in [4.69, 9.17) is 5.73 Å². The highest BCUT2D eigenvalue weighted by Gasteiger charge is 2.16. The van der Waals surface area contributed by atoms with E-state index in [2.05, 4.69) is 9.88 Å². The second-order valence-corrected chi connectivity index (χ2v) is 6.22. The van der Waals surface area contributed by atoms with Crippen molar-refractivity contribution in [3.8, 4) is 0 Å². The van der Waals surface area contributed by atoms with Gasteiger partial charge in [-0.05, 0) is 43.6 Å². The summed E-state index contributed by atoms with van der Waals surface area (Å²) in [6, 6.07) is 5.91. The van der Waals surface area contributed by atoms with Crippen LogP contribution in [0, 0.1) is 0 Å². The van der Waals surface area contributed by atoms with Crippen LogP contribution in [0.15, 0.2) is 18.2 Å². The molecule has 0 radical (unpaired) electrons. The average molecular weight is 277 g/mol. The lowest BCUT2D eigenvalue weighted by Crippen LogP contribution is -2.33. The fourth-order valence-corrected chi connectivity index (χ4v) is 3.44. The van der Waals surface area contributed by atoms with Gasteiger partial charge in [0.05, 0.1) is 16.3 Å². The van der Waals surface area contributed by atoms with Crippen LogP contribution in [0.2, 0.25) is 0 Å². The minimum atomic E-state index is -0.425. The number of hydrogen-bond donors (Lipinski definition) is 2. The van der Waals surface area contributed by atoms with E-state index in [1.807, 2.05) is 18.2 Å².